The first-order chi connectivity index (χ1) is 7.59. The zero-order valence-electron chi connectivity index (χ0n) is 9.66. The quantitative estimate of drug-likeness (QED) is 0.662. The topological polar surface area (TPSA) is 32.3 Å². The van der Waals surface area contributed by atoms with Gasteiger partial charge in [-0.05, 0) is 73.9 Å². The van der Waals surface area contributed by atoms with Crippen LogP contribution in [0.1, 0.15) is 16.8 Å². The average molecular weight is 328 g/mol. The highest BCUT2D eigenvalue weighted by atomic mass is 123. The fourth-order valence-electron chi connectivity index (χ4n) is 1.30. The van der Waals surface area contributed by atoms with Crippen LogP contribution in [0.5, 0.6) is 0 Å². The van der Waals surface area contributed by atoms with Gasteiger partial charge in [0.2, 0.25) is 0 Å². The minimum atomic E-state index is 0.00940. The Balaban J connectivity index is 2.32. The Morgan fingerprint density at radius 2 is 1.94 bits per heavy atom. The molecule has 88 valence electrons. The molecule has 0 bridgehead atoms. The van der Waals surface area contributed by atoms with E-state index >= 15 is 0 Å². The highest BCUT2D eigenvalue weighted by molar-refractivity contribution is 14.1. The van der Waals surface area contributed by atoms with Crippen molar-refractivity contribution in [2.75, 3.05) is 27.2 Å². The lowest BCUT2D eigenvalue weighted by Gasteiger charge is -2.09. The third kappa shape index (κ3) is 4.94. The highest BCUT2D eigenvalue weighted by Gasteiger charge is 2.03. The number of carbonyl (C=O) groups excluding carboxylic acids is 1. The molecule has 16 heavy (non-hydrogen) atoms. The predicted molar refractivity (Wildman–Crippen MR) is 74.7 cm³/mol. The molecule has 0 fully saturated rings. The average Bonchev–Trinajstić information content (AvgIpc) is 2.25. The molecule has 0 atom stereocenters. The first-order valence-electron chi connectivity index (χ1n) is 5.28. The van der Waals surface area contributed by atoms with Crippen molar-refractivity contribution in [2.24, 2.45) is 0 Å². The summed E-state index contributed by atoms with van der Waals surface area (Å²) in [5.41, 5.74) is 0.727. The second-order valence-corrected chi connectivity index (χ2v) is 5.17. The maximum Gasteiger partial charge on any atom is 0.251 e. The number of halogens is 1. The monoisotopic (exact) mass is 328 g/mol. The largest absolute Gasteiger partial charge is 0.352 e. The SMILES string of the molecule is CN(C)CCCNC(=O)c1ccc([123I])cc1. The molecule has 1 aromatic carbocycles. The van der Waals surface area contributed by atoms with Crippen molar-refractivity contribution in [1.82, 2.24) is 10.2 Å². The van der Waals surface area contributed by atoms with Crippen molar-refractivity contribution >= 4 is 28.5 Å². The summed E-state index contributed by atoms with van der Waals surface area (Å²) in [4.78, 5) is 13.8. The van der Waals surface area contributed by atoms with Gasteiger partial charge in [0.1, 0.15) is 0 Å². The zero-order chi connectivity index (χ0) is 12.0. The molecular formula is C12H17IN2O. The van der Waals surface area contributed by atoms with E-state index in [1.165, 1.54) is 0 Å². The Kier molecular flexibility index (Phi) is 5.76. The van der Waals surface area contributed by atoms with Crippen LogP contribution in [-0.2, 0) is 0 Å². The lowest BCUT2D eigenvalue weighted by Crippen LogP contribution is -2.27. The smallest absolute Gasteiger partial charge is 0.251 e. The molecule has 0 radical (unpaired) electrons. The van der Waals surface area contributed by atoms with Crippen LogP contribution in [0, 0.1) is 3.57 Å². The van der Waals surface area contributed by atoms with Crippen molar-refractivity contribution in [3.8, 4) is 0 Å². The van der Waals surface area contributed by atoms with Crippen LogP contribution in [0.2, 0.25) is 0 Å². The fraction of sp³-hybridized carbons (Fsp3) is 0.417. The van der Waals surface area contributed by atoms with E-state index in [-0.39, 0.29) is 5.91 Å². The van der Waals surface area contributed by atoms with Crippen LogP contribution < -0.4 is 5.32 Å². The standard InChI is InChI=1S/C12H17IN2O/c1-15(2)9-3-8-14-12(16)10-4-6-11(13)7-5-10/h4-7H,3,8-9H2,1-2H3,(H,14,16)/i13-4. The minimum Gasteiger partial charge on any atom is -0.352 e. The Labute approximate surface area is 110 Å². The number of hydrogen-bond donors (Lipinski definition) is 1. The number of rotatable bonds is 5. The number of carbonyl (C=O) groups is 1. The van der Waals surface area contributed by atoms with E-state index < -0.39 is 0 Å². The number of hydrogen-bond acceptors (Lipinski definition) is 2. The summed E-state index contributed by atoms with van der Waals surface area (Å²) < 4.78 is 1.14. The van der Waals surface area contributed by atoms with E-state index in [0.717, 1.165) is 28.6 Å². The number of benzene rings is 1. The normalized spacial score (nSPS) is 10.5. The Morgan fingerprint density at radius 1 is 1.31 bits per heavy atom. The third-order valence-corrected chi connectivity index (χ3v) is 2.89. The van der Waals surface area contributed by atoms with Gasteiger partial charge in [-0.25, -0.2) is 0 Å². The molecule has 3 nitrogen and oxygen atoms in total. The zero-order valence-corrected chi connectivity index (χ0v) is 11.8. The number of nitrogens with one attached hydrogen (secondary N) is 1. The fourth-order valence-corrected chi connectivity index (χ4v) is 1.66. The van der Waals surface area contributed by atoms with Crippen LogP contribution in [0.3, 0.4) is 0 Å². The highest BCUT2D eigenvalue weighted by Crippen LogP contribution is 2.06. The van der Waals surface area contributed by atoms with Gasteiger partial charge in [0.15, 0.2) is 0 Å². The summed E-state index contributed by atoms with van der Waals surface area (Å²) in [5, 5.41) is 2.91. The third-order valence-electron chi connectivity index (χ3n) is 2.17. The van der Waals surface area contributed by atoms with Gasteiger partial charge in [0, 0.05) is 15.7 Å². The van der Waals surface area contributed by atoms with Crippen molar-refractivity contribution in [1.29, 1.82) is 0 Å². The van der Waals surface area contributed by atoms with E-state index in [9.17, 15) is 4.79 Å². The molecule has 0 spiro atoms. The van der Waals surface area contributed by atoms with Crippen molar-refractivity contribution in [2.45, 2.75) is 6.42 Å². The molecule has 1 amide bonds. The Bertz CT molecular complexity index is 335. The molecule has 1 rings (SSSR count). The summed E-state index contributed by atoms with van der Waals surface area (Å²) >= 11 is 2.22. The van der Waals surface area contributed by atoms with E-state index in [2.05, 4.69) is 32.8 Å². The van der Waals surface area contributed by atoms with Crippen molar-refractivity contribution in [3.05, 3.63) is 33.4 Å². The summed E-state index contributed by atoms with van der Waals surface area (Å²) in [7, 11) is 4.06. The second-order valence-electron chi connectivity index (χ2n) is 3.92. The van der Waals surface area contributed by atoms with Gasteiger partial charge >= 0.3 is 0 Å². The van der Waals surface area contributed by atoms with Gasteiger partial charge in [0.05, 0.1) is 0 Å². The molecule has 0 heterocycles. The summed E-state index contributed by atoms with van der Waals surface area (Å²) in [5.74, 6) is 0.00940. The number of nitrogens with zero attached hydrogens (tertiary/aromatic N) is 1. The Morgan fingerprint density at radius 3 is 2.50 bits per heavy atom. The maximum absolute atomic E-state index is 11.7. The summed E-state index contributed by atoms with van der Waals surface area (Å²) in [6, 6.07) is 7.58. The van der Waals surface area contributed by atoms with Gasteiger partial charge in [-0.3, -0.25) is 4.79 Å². The molecule has 0 aliphatic heterocycles. The van der Waals surface area contributed by atoms with Gasteiger partial charge in [-0.15, -0.1) is 0 Å². The molecule has 4 heteroatoms. The van der Waals surface area contributed by atoms with Gasteiger partial charge in [-0.2, -0.15) is 0 Å². The van der Waals surface area contributed by atoms with Gasteiger partial charge < -0.3 is 10.2 Å². The first kappa shape index (κ1) is 13.4. The molecule has 0 aromatic heterocycles. The minimum absolute atomic E-state index is 0.00940. The molecule has 0 saturated heterocycles. The molecule has 0 aliphatic rings. The first-order valence-corrected chi connectivity index (χ1v) is 6.36. The lowest BCUT2D eigenvalue weighted by atomic mass is 10.2. The summed E-state index contributed by atoms with van der Waals surface area (Å²) in [6.07, 6.45) is 0.975. The van der Waals surface area contributed by atoms with E-state index in [1.807, 2.05) is 38.4 Å². The van der Waals surface area contributed by atoms with Crippen LogP contribution in [-0.4, -0.2) is 38.0 Å². The second kappa shape index (κ2) is 6.85. The van der Waals surface area contributed by atoms with Crippen LogP contribution in [0.15, 0.2) is 24.3 Å². The molecule has 0 unspecified atom stereocenters. The number of amides is 1. The molecule has 1 aromatic rings. The maximum atomic E-state index is 11.7. The van der Waals surface area contributed by atoms with E-state index in [0.29, 0.717) is 0 Å². The predicted octanol–water partition coefficient (Wildman–Crippen LogP) is 1.97. The molecular weight excluding hydrogens is 311 g/mol. The van der Waals surface area contributed by atoms with Crippen LogP contribution >= 0.6 is 22.6 Å². The Hall–Kier alpha value is -0.620. The lowest BCUT2D eigenvalue weighted by molar-refractivity contribution is 0.0952. The van der Waals surface area contributed by atoms with Gasteiger partial charge in [-0.1, -0.05) is 0 Å². The molecule has 1 N–H and O–H groups in total. The van der Waals surface area contributed by atoms with Crippen LogP contribution in [0.25, 0.3) is 0 Å². The van der Waals surface area contributed by atoms with E-state index in [1.54, 1.807) is 0 Å². The van der Waals surface area contributed by atoms with Gasteiger partial charge in [0.25, 0.3) is 5.91 Å². The van der Waals surface area contributed by atoms with Crippen molar-refractivity contribution < 1.29 is 4.79 Å². The summed E-state index contributed by atoms with van der Waals surface area (Å²) in [6.45, 7) is 1.72. The van der Waals surface area contributed by atoms with E-state index in [4.69, 9.17) is 0 Å². The molecule has 0 aliphatic carbocycles. The molecule has 0 saturated carbocycles. The van der Waals surface area contributed by atoms with Crippen LogP contribution in [0.4, 0.5) is 0 Å². The van der Waals surface area contributed by atoms with Crippen molar-refractivity contribution in [3.63, 3.8) is 0 Å².